The van der Waals surface area contributed by atoms with Crippen molar-refractivity contribution in [2.24, 2.45) is 11.7 Å². The van der Waals surface area contributed by atoms with Crippen LogP contribution < -0.4 is 5.73 Å². The highest BCUT2D eigenvalue weighted by atomic mass is 32.2. The van der Waals surface area contributed by atoms with Gasteiger partial charge in [0, 0.05) is 13.1 Å². The second kappa shape index (κ2) is 5.62. The minimum Gasteiger partial charge on any atom is -0.330 e. The van der Waals surface area contributed by atoms with Crippen LogP contribution in [0.25, 0.3) is 0 Å². The van der Waals surface area contributed by atoms with Gasteiger partial charge in [0.05, 0.1) is 6.07 Å². The fourth-order valence-corrected chi connectivity index (χ4v) is 3.39. The van der Waals surface area contributed by atoms with E-state index in [9.17, 15) is 8.42 Å². The van der Waals surface area contributed by atoms with E-state index in [1.165, 1.54) is 4.31 Å². The van der Waals surface area contributed by atoms with E-state index in [2.05, 4.69) is 0 Å². The summed E-state index contributed by atoms with van der Waals surface area (Å²) in [6, 6.07) is 1.67. The molecule has 0 radical (unpaired) electrons. The molecular formula is C10H19N3O2S. The number of nitrogens with zero attached hydrogens (tertiary/aromatic N) is 2. The van der Waals surface area contributed by atoms with E-state index >= 15 is 0 Å². The van der Waals surface area contributed by atoms with E-state index in [0.29, 0.717) is 6.54 Å². The van der Waals surface area contributed by atoms with Gasteiger partial charge in [-0.3, -0.25) is 0 Å². The number of sulfonamides is 1. The fourth-order valence-electron chi connectivity index (χ4n) is 2.33. The third-order valence-corrected chi connectivity index (χ3v) is 4.97. The second-order valence-electron chi connectivity index (χ2n) is 4.28. The van der Waals surface area contributed by atoms with Crippen molar-refractivity contribution >= 4 is 10.0 Å². The van der Waals surface area contributed by atoms with Crippen LogP contribution in [-0.2, 0) is 10.0 Å². The van der Waals surface area contributed by atoms with Gasteiger partial charge in [0.25, 0.3) is 0 Å². The number of hydrogen-bond acceptors (Lipinski definition) is 4. The minimum atomic E-state index is -3.44. The lowest BCUT2D eigenvalue weighted by Gasteiger charge is -2.36. The van der Waals surface area contributed by atoms with Crippen molar-refractivity contribution in [3.05, 3.63) is 0 Å². The average molecular weight is 245 g/mol. The van der Waals surface area contributed by atoms with Crippen molar-refractivity contribution in [1.82, 2.24) is 4.31 Å². The first-order chi connectivity index (χ1) is 7.53. The second-order valence-corrected chi connectivity index (χ2v) is 6.31. The summed E-state index contributed by atoms with van der Waals surface area (Å²) >= 11 is 0. The lowest BCUT2D eigenvalue weighted by atomic mass is 9.85. The van der Waals surface area contributed by atoms with E-state index in [1.54, 1.807) is 13.1 Å². The predicted octanol–water partition coefficient (Wildman–Crippen LogP) is 0.289. The van der Waals surface area contributed by atoms with Gasteiger partial charge < -0.3 is 5.73 Å². The van der Waals surface area contributed by atoms with Crippen LogP contribution >= 0.6 is 0 Å². The van der Waals surface area contributed by atoms with Gasteiger partial charge >= 0.3 is 0 Å². The molecule has 1 saturated carbocycles. The summed E-state index contributed by atoms with van der Waals surface area (Å²) in [7, 11) is -1.88. The van der Waals surface area contributed by atoms with Gasteiger partial charge in [-0.25, -0.2) is 12.7 Å². The Labute approximate surface area is 97.3 Å². The normalized spacial score (nSPS) is 26.6. The first-order valence-electron chi connectivity index (χ1n) is 5.55. The molecule has 16 heavy (non-hydrogen) atoms. The van der Waals surface area contributed by atoms with Crippen molar-refractivity contribution in [1.29, 1.82) is 5.26 Å². The maximum Gasteiger partial charge on any atom is 0.227 e. The molecule has 0 aromatic carbocycles. The molecule has 0 aromatic heterocycles. The van der Waals surface area contributed by atoms with Crippen LogP contribution in [0.2, 0.25) is 0 Å². The lowest BCUT2D eigenvalue weighted by Crippen LogP contribution is -2.46. The third-order valence-electron chi connectivity index (χ3n) is 3.32. The maximum absolute atomic E-state index is 11.8. The Hall–Kier alpha value is -0.640. The van der Waals surface area contributed by atoms with Gasteiger partial charge in [-0.2, -0.15) is 5.26 Å². The summed E-state index contributed by atoms with van der Waals surface area (Å²) in [5.41, 5.74) is 5.66. The summed E-state index contributed by atoms with van der Waals surface area (Å²) in [6.45, 7) is 0.511. The maximum atomic E-state index is 11.8. The van der Waals surface area contributed by atoms with Crippen LogP contribution in [0, 0.1) is 17.2 Å². The van der Waals surface area contributed by atoms with Gasteiger partial charge in [-0.05, 0) is 25.3 Å². The number of nitrogens with two attached hydrogens (primary N) is 1. The molecular weight excluding hydrogens is 226 g/mol. The Morgan fingerprint density at radius 1 is 1.44 bits per heavy atom. The molecule has 1 rings (SSSR count). The van der Waals surface area contributed by atoms with E-state index in [4.69, 9.17) is 11.0 Å². The summed E-state index contributed by atoms with van der Waals surface area (Å²) < 4.78 is 24.9. The number of rotatable bonds is 4. The van der Waals surface area contributed by atoms with Crippen LogP contribution in [0.1, 0.15) is 25.7 Å². The Morgan fingerprint density at radius 2 is 2.06 bits per heavy atom. The Balaban J connectivity index is 2.79. The molecule has 1 aliphatic carbocycles. The average Bonchev–Trinajstić information content (AvgIpc) is 2.28. The predicted molar refractivity (Wildman–Crippen MR) is 62.0 cm³/mol. The third kappa shape index (κ3) is 2.94. The first-order valence-corrected chi connectivity index (χ1v) is 7.16. The van der Waals surface area contributed by atoms with Crippen LogP contribution in [-0.4, -0.2) is 38.1 Å². The SMILES string of the molecule is CN(C1CCCCC1CN)S(=O)(=O)CC#N. The molecule has 5 nitrogen and oxygen atoms in total. The first kappa shape index (κ1) is 13.4. The zero-order valence-corrected chi connectivity index (χ0v) is 10.4. The molecule has 6 heteroatoms. The molecule has 0 amide bonds. The zero-order valence-electron chi connectivity index (χ0n) is 9.59. The van der Waals surface area contributed by atoms with Gasteiger partial charge in [-0.1, -0.05) is 12.8 Å². The molecule has 0 spiro atoms. The van der Waals surface area contributed by atoms with Gasteiger partial charge in [-0.15, -0.1) is 0 Å². The van der Waals surface area contributed by atoms with Crippen molar-refractivity contribution in [2.75, 3.05) is 19.3 Å². The van der Waals surface area contributed by atoms with Crippen LogP contribution in [0.3, 0.4) is 0 Å². The van der Waals surface area contributed by atoms with Crippen molar-refractivity contribution in [3.63, 3.8) is 0 Å². The monoisotopic (exact) mass is 245 g/mol. The largest absolute Gasteiger partial charge is 0.330 e. The quantitative estimate of drug-likeness (QED) is 0.771. The van der Waals surface area contributed by atoms with Gasteiger partial charge in [0.1, 0.15) is 0 Å². The molecule has 0 saturated heterocycles. The summed E-state index contributed by atoms with van der Waals surface area (Å²) in [5.74, 6) is -0.218. The number of hydrogen-bond donors (Lipinski definition) is 1. The van der Waals surface area contributed by atoms with E-state index in [0.717, 1.165) is 25.7 Å². The number of nitriles is 1. The smallest absolute Gasteiger partial charge is 0.227 e. The van der Waals surface area contributed by atoms with Gasteiger partial charge in [0.15, 0.2) is 5.75 Å². The van der Waals surface area contributed by atoms with Crippen molar-refractivity contribution < 1.29 is 8.42 Å². The molecule has 92 valence electrons. The standard InChI is InChI=1S/C10H19N3O2S/c1-13(16(14,15)7-6-11)10-5-3-2-4-9(10)8-12/h9-10H,2-5,7-8,12H2,1H3. The Morgan fingerprint density at radius 3 is 2.62 bits per heavy atom. The summed E-state index contributed by atoms with van der Waals surface area (Å²) in [4.78, 5) is 0. The highest BCUT2D eigenvalue weighted by Crippen LogP contribution is 2.28. The molecule has 2 atom stereocenters. The van der Waals surface area contributed by atoms with E-state index in [1.807, 2.05) is 0 Å². The fraction of sp³-hybridized carbons (Fsp3) is 0.900. The molecule has 0 aromatic rings. The molecule has 1 aliphatic rings. The van der Waals surface area contributed by atoms with Gasteiger partial charge in [0.2, 0.25) is 10.0 Å². The molecule has 1 fully saturated rings. The summed E-state index contributed by atoms with van der Waals surface area (Å²) in [5, 5.41) is 8.49. The van der Waals surface area contributed by atoms with Crippen LogP contribution in [0.5, 0.6) is 0 Å². The summed E-state index contributed by atoms with van der Waals surface area (Å²) in [6.07, 6.45) is 3.98. The topological polar surface area (TPSA) is 87.2 Å². The van der Waals surface area contributed by atoms with Crippen LogP contribution in [0.15, 0.2) is 0 Å². The van der Waals surface area contributed by atoms with Crippen molar-refractivity contribution in [3.8, 4) is 6.07 Å². The highest BCUT2D eigenvalue weighted by molar-refractivity contribution is 7.89. The van der Waals surface area contributed by atoms with E-state index < -0.39 is 15.8 Å². The highest BCUT2D eigenvalue weighted by Gasteiger charge is 2.33. The molecule has 0 bridgehead atoms. The van der Waals surface area contributed by atoms with Crippen LogP contribution in [0.4, 0.5) is 0 Å². The molecule has 2 N–H and O–H groups in total. The zero-order chi connectivity index (χ0) is 12.2. The molecule has 0 aliphatic heterocycles. The van der Waals surface area contributed by atoms with E-state index in [-0.39, 0.29) is 12.0 Å². The lowest BCUT2D eigenvalue weighted by molar-refractivity contribution is 0.205. The Bertz CT molecular complexity index is 361. The molecule has 2 unspecified atom stereocenters. The van der Waals surface area contributed by atoms with Crippen molar-refractivity contribution in [2.45, 2.75) is 31.7 Å². The Kier molecular flexibility index (Phi) is 4.71. The molecule has 0 heterocycles. The minimum absolute atomic E-state index is 0.0305.